The first kappa shape index (κ1) is 9.72. The molecule has 1 aliphatic rings. The molecule has 2 rings (SSSR count). The minimum atomic E-state index is 1.24. The zero-order valence-corrected chi connectivity index (χ0v) is 9.66. The van der Waals surface area contributed by atoms with Crippen LogP contribution >= 0.6 is 11.3 Å². The minimum absolute atomic E-state index is 1.24. The second kappa shape index (κ2) is 4.14. The Morgan fingerprint density at radius 1 is 1.21 bits per heavy atom. The summed E-state index contributed by atoms with van der Waals surface area (Å²) in [6.45, 7) is 4.39. The third-order valence-corrected chi connectivity index (χ3v) is 3.50. The van der Waals surface area contributed by atoms with E-state index in [0.717, 1.165) is 0 Å². The van der Waals surface area contributed by atoms with Crippen molar-refractivity contribution >= 4 is 17.4 Å². The van der Waals surface area contributed by atoms with E-state index in [-0.39, 0.29) is 0 Å². The van der Waals surface area contributed by atoms with Gasteiger partial charge in [0, 0.05) is 9.75 Å². The maximum absolute atomic E-state index is 2.35. The lowest BCUT2D eigenvalue weighted by Crippen LogP contribution is -1.90. The van der Waals surface area contributed by atoms with Crippen molar-refractivity contribution in [1.82, 2.24) is 0 Å². The zero-order valence-electron chi connectivity index (χ0n) is 8.84. The van der Waals surface area contributed by atoms with E-state index in [4.69, 9.17) is 0 Å². The Bertz CT molecular complexity index is 380. The lowest BCUT2D eigenvalue weighted by Gasteiger charge is -2.11. The first-order valence-electron chi connectivity index (χ1n) is 5.18. The van der Waals surface area contributed by atoms with E-state index in [2.05, 4.69) is 38.1 Å². The fourth-order valence-electron chi connectivity index (χ4n) is 1.86. The predicted octanol–water partition coefficient (Wildman–Crippen LogP) is 4.57. The average molecular weight is 204 g/mol. The Balaban J connectivity index is 2.22. The van der Waals surface area contributed by atoms with E-state index in [1.165, 1.54) is 40.2 Å². The van der Waals surface area contributed by atoms with Gasteiger partial charge in [-0.3, -0.25) is 0 Å². The smallest absolute Gasteiger partial charge is 0.0275 e. The highest BCUT2D eigenvalue weighted by Crippen LogP contribution is 2.26. The first-order chi connectivity index (χ1) is 6.74. The summed E-state index contributed by atoms with van der Waals surface area (Å²) >= 11 is 1.88. The Hall–Kier alpha value is -0.820. The molecule has 0 fully saturated rings. The number of aryl methyl sites for hydroxylation is 1. The number of hydrogen-bond acceptors (Lipinski definition) is 1. The molecule has 0 N–H and O–H groups in total. The maximum Gasteiger partial charge on any atom is 0.0275 e. The van der Waals surface area contributed by atoms with Gasteiger partial charge in [-0.2, -0.15) is 0 Å². The Morgan fingerprint density at radius 2 is 2.07 bits per heavy atom. The summed E-state index contributed by atoms with van der Waals surface area (Å²) in [5, 5.41) is 0. The van der Waals surface area contributed by atoms with Crippen LogP contribution < -0.4 is 0 Å². The lowest BCUT2D eigenvalue weighted by atomic mass is 9.96. The number of hydrogen-bond donors (Lipinski definition) is 0. The number of thiophene rings is 1. The van der Waals surface area contributed by atoms with Gasteiger partial charge in [0.25, 0.3) is 0 Å². The van der Waals surface area contributed by atoms with Gasteiger partial charge in [-0.05, 0) is 56.9 Å². The van der Waals surface area contributed by atoms with Gasteiger partial charge in [-0.25, -0.2) is 0 Å². The van der Waals surface area contributed by atoms with Gasteiger partial charge in [0.15, 0.2) is 0 Å². The molecule has 0 saturated carbocycles. The third-order valence-electron chi connectivity index (χ3n) is 2.56. The molecule has 0 aromatic carbocycles. The highest BCUT2D eigenvalue weighted by atomic mass is 32.1. The molecule has 74 valence electrons. The third kappa shape index (κ3) is 2.36. The van der Waals surface area contributed by atoms with Gasteiger partial charge in [0.05, 0.1) is 0 Å². The molecule has 0 radical (unpaired) electrons. The van der Waals surface area contributed by atoms with Crippen molar-refractivity contribution in [3.8, 4) is 0 Å². The van der Waals surface area contributed by atoms with Crippen molar-refractivity contribution < 1.29 is 0 Å². The molecule has 1 heteroatoms. The van der Waals surface area contributed by atoms with Crippen LogP contribution in [0.25, 0.3) is 6.08 Å². The van der Waals surface area contributed by atoms with E-state index in [0.29, 0.717) is 0 Å². The largest absolute Gasteiger partial charge is 0.141 e. The van der Waals surface area contributed by atoms with Gasteiger partial charge in [-0.15, -0.1) is 11.3 Å². The highest BCUT2D eigenvalue weighted by molar-refractivity contribution is 7.12. The zero-order chi connectivity index (χ0) is 9.97. The molecule has 1 heterocycles. The van der Waals surface area contributed by atoms with Crippen LogP contribution in [0.4, 0.5) is 0 Å². The second-order valence-electron chi connectivity index (χ2n) is 4.01. The van der Waals surface area contributed by atoms with Crippen molar-refractivity contribution in [3.05, 3.63) is 39.1 Å². The topological polar surface area (TPSA) is 0 Å². The van der Waals surface area contributed by atoms with Crippen molar-refractivity contribution in [2.24, 2.45) is 0 Å². The maximum atomic E-state index is 2.35. The summed E-state index contributed by atoms with van der Waals surface area (Å²) in [4.78, 5) is 2.79. The summed E-state index contributed by atoms with van der Waals surface area (Å²) < 4.78 is 0. The first-order valence-corrected chi connectivity index (χ1v) is 6.00. The van der Waals surface area contributed by atoms with Crippen LogP contribution in [0.5, 0.6) is 0 Å². The van der Waals surface area contributed by atoms with Crippen LogP contribution in [0, 0.1) is 6.92 Å². The average Bonchev–Trinajstić information content (AvgIpc) is 2.51. The van der Waals surface area contributed by atoms with Crippen molar-refractivity contribution in [2.45, 2.75) is 33.1 Å². The van der Waals surface area contributed by atoms with Crippen LogP contribution in [0.3, 0.4) is 0 Å². The van der Waals surface area contributed by atoms with E-state index >= 15 is 0 Å². The van der Waals surface area contributed by atoms with Gasteiger partial charge in [-0.1, -0.05) is 11.6 Å². The highest BCUT2D eigenvalue weighted by Gasteiger charge is 2.04. The van der Waals surface area contributed by atoms with Crippen LogP contribution in [-0.4, -0.2) is 0 Å². The fourth-order valence-corrected chi connectivity index (χ4v) is 2.71. The summed E-state index contributed by atoms with van der Waals surface area (Å²) in [6, 6.07) is 4.40. The monoisotopic (exact) mass is 204 g/mol. The van der Waals surface area contributed by atoms with Gasteiger partial charge < -0.3 is 0 Å². The van der Waals surface area contributed by atoms with Crippen molar-refractivity contribution in [3.63, 3.8) is 0 Å². The summed E-state index contributed by atoms with van der Waals surface area (Å²) in [7, 11) is 0. The van der Waals surface area contributed by atoms with Gasteiger partial charge >= 0.3 is 0 Å². The van der Waals surface area contributed by atoms with Crippen molar-refractivity contribution in [1.29, 1.82) is 0 Å². The Kier molecular flexibility index (Phi) is 2.87. The lowest BCUT2D eigenvalue weighted by molar-refractivity contribution is 0.787. The fraction of sp³-hybridized carbons (Fsp3) is 0.385. The van der Waals surface area contributed by atoms with Gasteiger partial charge in [0.1, 0.15) is 0 Å². The quantitative estimate of drug-likeness (QED) is 0.628. The van der Waals surface area contributed by atoms with Crippen LogP contribution in [0.2, 0.25) is 0 Å². The molecule has 0 bridgehead atoms. The van der Waals surface area contributed by atoms with Crippen LogP contribution in [0.15, 0.2) is 29.4 Å². The molecule has 0 spiro atoms. The summed E-state index contributed by atoms with van der Waals surface area (Å²) in [5.74, 6) is 0. The van der Waals surface area contributed by atoms with E-state index in [1.807, 2.05) is 11.3 Å². The molecular weight excluding hydrogens is 188 g/mol. The predicted molar refractivity (Wildman–Crippen MR) is 64.6 cm³/mol. The molecule has 1 aliphatic carbocycles. The second-order valence-corrected chi connectivity index (χ2v) is 5.33. The number of rotatable bonds is 1. The molecule has 1 aromatic heterocycles. The summed E-state index contributed by atoms with van der Waals surface area (Å²) in [5.41, 5.74) is 3.02. The van der Waals surface area contributed by atoms with Gasteiger partial charge in [0.2, 0.25) is 0 Å². The molecular formula is C13H16S. The molecule has 0 aliphatic heterocycles. The standard InChI is InChI=1S/C13H16S/c1-10-4-3-5-12(8-10)9-13-7-6-11(2)14-13/h6-9H,3-5H2,1-2H3/b12-9+. The van der Waals surface area contributed by atoms with E-state index in [9.17, 15) is 0 Å². The minimum Gasteiger partial charge on any atom is -0.141 e. The molecule has 0 atom stereocenters. The normalized spacial score (nSPS) is 19.9. The van der Waals surface area contributed by atoms with Crippen LogP contribution in [0.1, 0.15) is 35.9 Å². The molecule has 1 aromatic rings. The molecule has 14 heavy (non-hydrogen) atoms. The van der Waals surface area contributed by atoms with Crippen molar-refractivity contribution in [2.75, 3.05) is 0 Å². The molecule has 0 unspecified atom stereocenters. The molecule has 0 nitrogen and oxygen atoms in total. The van der Waals surface area contributed by atoms with E-state index in [1.54, 1.807) is 0 Å². The Morgan fingerprint density at radius 3 is 2.71 bits per heavy atom. The van der Waals surface area contributed by atoms with Crippen LogP contribution in [-0.2, 0) is 0 Å². The number of allylic oxidation sites excluding steroid dienone is 3. The SMILES string of the molecule is CC1=C/C(=C/c2ccc(C)s2)CCC1. The summed E-state index contributed by atoms with van der Waals surface area (Å²) in [6.07, 6.45) is 8.52. The Labute approximate surface area is 90.0 Å². The van der Waals surface area contributed by atoms with E-state index < -0.39 is 0 Å². The molecule has 0 amide bonds. The molecule has 0 saturated heterocycles.